The molecule has 0 radical (unpaired) electrons. The summed E-state index contributed by atoms with van der Waals surface area (Å²) in [5, 5.41) is 6.56. The van der Waals surface area contributed by atoms with Crippen molar-refractivity contribution in [3.05, 3.63) is 70.2 Å². The predicted octanol–water partition coefficient (Wildman–Crippen LogP) is 5.21. The van der Waals surface area contributed by atoms with E-state index in [0.717, 1.165) is 24.1 Å². The molecule has 1 amide bonds. The van der Waals surface area contributed by atoms with E-state index in [-0.39, 0.29) is 28.9 Å². The van der Waals surface area contributed by atoms with E-state index in [4.69, 9.17) is 0 Å². The first-order valence-electron chi connectivity index (χ1n) is 9.60. The number of hydrogen-bond acceptors (Lipinski definition) is 2. The van der Waals surface area contributed by atoms with Crippen LogP contribution in [0, 0.1) is 0 Å². The van der Waals surface area contributed by atoms with Crippen LogP contribution in [0.3, 0.4) is 0 Å². The standard InChI is InChI=1S/C21H20BrF3N4O/c1-13(15-5-4-6-16(11-15)28-9-2-3-10-28)26-17(30)12-29-19(14-7-8-14)18(22)20(27-29)21(23,24)25/h2-6,9-11,13-14H,7-8,12H2,1H3,(H,26,30). The Morgan fingerprint density at radius 3 is 2.60 bits per heavy atom. The molecule has 1 atom stereocenters. The van der Waals surface area contributed by atoms with Crippen LogP contribution in [0.2, 0.25) is 0 Å². The predicted molar refractivity (Wildman–Crippen MR) is 109 cm³/mol. The number of benzene rings is 1. The van der Waals surface area contributed by atoms with Gasteiger partial charge in [0.25, 0.3) is 0 Å². The Balaban J connectivity index is 1.50. The molecule has 1 saturated carbocycles. The molecule has 3 aromatic rings. The monoisotopic (exact) mass is 480 g/mol. The van der Waals surface area contributed by atoms with E-state index in [2.05, 4.69) is 26.3 Å². The highest BCUT2D eigenvalue weighted by Gasteiger charge is 2.42. The molecule has 1 aromatic carbocycles. The first kappa shape index (κ1) is 20.7. The minimum atomic E-state index is -4.57. The van der Waals surface area contributed by atoms with Gasteiger partial charge in [0.2, 0.25) is 5.91 Å². The first-order valence-corrected chi connectivity index (χ1v) is 10.4. The average Bonchev–Trinajstić information content (AvgIpc) is 3.24. The van der Waals surface area contributed by atoms with Gasteiger partial charge < -0.3 is 9.88 Å². The molecule has 2 heterocycles. The molecule has 1 fully saturated rings. The molecule has 5 nitrogen and oxygen atoms in total. The molecule has 0 bridgehead atoms. The Kier molecular flexibility index (Phi) is 5.48. The van der Waals surface area contributed by atoms with Crippen molar-refractivity contribution in [1.82, 2.24) is 19.7 Å². The average molecular weight is 481 g/mol. The van der Waals surface area contributed by atoms with Gasteiger partial charge in [-0.2, -0.15) is 18.3 Å². The Hall–Kier alpha value is -2.55. The fraction of sp³-hybridized carbons (Fsp3) is 0.333. The Morgan fingerprint density at radius 2 is 1.97 bits per heavy atom. The van der Waals surface area contributed by atoms with Gasteiger partial charge >= 0.3 is 6.18 Å². The van der Waals surface area contributed by atoms with Crippen LogP contribution in [0.15, 0.2) is 53.3 Å². The lowest BCUT2D eigenvalue weighted by Crippen LogP contribution is -2.31. The van der Waals surface area contributed by atoms with Gasteiger partial charge in [0, 0.05) is 24.0 Å². The summed E-state index contributed by atoms with van der Waals surface area (Å²) in [5.74, 6) is -0.383. The number of hydrogen-bond donors (Lipinski definition) is 1. The summed E-state index contributed by atoms with van der Waals surface area (Å²) in [5.41, 5.74) is 1.32. The number of nitrogens with one attached hydrogen (secondary N) is 1. The van der Waals surface area contributed by atoms with Crippen LogP contribution < -0.4 is 5.32 Å². The molecule has 30 heavy (non-hydrogen) atoms. The first-order chi connectivity index (χ1) is 14.2. The second-order valence-corrected chi connectivity index (χ2v) is 8.25. The second kappa shape index (κ2) is 7.94. The highest BCUT2D eigenvalue weighted by molar-refractivity contribution is 9.10. The van der Waals surface area contributed by atoms with Crippen LogP contribution in [0.1, 0.15) is 48.7 Å². The minimum Gasteiger partial charge on any atom is -0.348 e. The zero-order valence-corrected chi connectivity index (χ0v) is 17.7. The lowest BCUT2D eigenvalue weighted by Gasteiger charge is -2.16. The molecular weight excluding hydrogens is 461 g/mol. The van der Waals surface area contributed by atoms with Crippen molar-refractivity contribution >= 4 is 21.8 Å². The largest absolute Gasteiger partial charge is 0.436 e. The van der Waals surface area contributed by atoms with Crippen molar-refractivity contribution in [3.8, 4) is 5.69 Å². The summed E-state index contributed by atoms with van der Waals surface area (Å²) in [6, 6.07) is 11.3. The van der Waals surface area contributed by atoms with Gasteiger partial charge in [-0.15, -0.1) is 0 Å². The highest BCUT2D eigenvalue weighted by Crippen LogP contribution is 2.46. The third-order valence-corrected chi connectivity index (χ3v) is 5.89. The molecule has 0 saturated heterocycles. The quantitative estimate of drug-likeness (QED) is 0.526. The lowest BCUT2D eigenvalue weighted by molar-refractivity contribution is -0.142. The third kappa shape index (κ3) is 4.30. The third-order valence-electron chi connectivity index (χ3n) is 5.11. The Morgan fingerprint density at radius 1 is 1.27 bits per heavy atom. The fourth-order valence-corrected chi connectivity index (χ4v) is 4.30. The molecule has 9 heteroatoms. The van der Waals surface area contributed by atoms with Gasteiger partial charge in [-0.25, -0.2) is 0 Å². The molecule has 1 unspecified atom stereocenters. The maximum Gasteiger partial charge on any atom is 0.436 e. The normalized spacial score (nSPS) is 15.2. The van der Waals surface area contributed by atoms with E-state index in [1.165, 1.54) is 4.68 Å². The van der Waals surface area contributed by atoms with Crippen molar-refractivity contribution in [2.75, 3.05) is 0 Å². The topological polar surface area (TPSA) is 51.9 Å². The molecule has 1 N–H and O–H groups in total. The molecular formula is C21H20BrF3N4O. The fourth-order valence-electron chi connectivity index (χ4n) is 3.47. The molecule has 1 aliphatic rings. The van der Waals surface area contributed by atoms with Crippen molar-refractivity contribution in [3.63, 3.8) is 0 Å². The molecule has 0 aliphatic heterocycles. The Labute approximate surface area is 180 Å². The van der Waals surface area contributed by atoms with Gasteiger partial charge in [0.1, 0.15) is 6.54 Å². The van der Waals surface area contributed by atoms with Crippen LogP contribution in [-0.2, 0) is 17.5 Å². The molecule has 4 rings (SSSR count). The van der Waals surface area contributed by atoms with E-state index in [9.17, 15) is 18.0 Å². The number of halogens is 4. The van der Waals surface area contributed by atoms with E-state index >= 15 is 0 Å². The summed E-state index contributed by atoms with van der Waals surface area (Å²) in [6.45, 7) is 1.58. The highest BCUT2D eigenvalue weighted by atomic mass is 79.9. The van der Waals surface area contributed by atoms with E-state index in [1.54, 1.807) is 0 Å². The van der Waals surface area contributed by atoms with Gasteiger partial charge in [0.05, 0.1) is 16.2 Å². The van der Waals surface area contributed by atoms with Crippen molar-refractivity contribution in [2.24, 2.45) is 0 Å². The summed E-state index contributed by atoms with van der Waals surface area (Å²) in [4.78, 5) is 12.6. The molecule has 158 valence electrons. The summed E-state index contributed by atoms with van der Waals surface area (Å²) in [6.07, 6.45) is 0.874. The number of alkyl halides is 3. The summed E-state index contributed by atoms with van der Waals surface area (Å²) >= 11 is 3.05. The summed E-state index contributed by atoms with van der Waals surface area (Å²) < 4.78 is 42.8. The van der Waals surface area contributed by atoms with Crippen LogP contribution in [0.25, 0.3) is 5.69 Å². The maximum atomic E-state index is 13.2. The van der Waals surface area contributed by atoms with E-state index in [1.807, 2.05) is 60.3 Å². The number of nitrogens with zero attached hydrogens (tertiary/aromatic N) is 3. The van der Waals surface area contributed by atoms with Crippen molar-refractivity contribution in [1.29, 1.82) is 0 Å². The minimum absolute atomic E-state index is 0.00597. The molecule has 0 spiro atoms. The number of amides is 1. The number of carbonyl (C=O) groups excluding carboxylic acids is 1. The smallest absolute Gasteiger partial charge is 0.348 e. The number of aromatic nitrogens is 3. The van der Waals surface area contributed by atoms with Crippen LogP contribution in [0.4, 0.5) is 13.2 Å². The van der Waals surface area contributed by atoms with Gasteiger partial charge in [-0.05, 0) is 65.5 Å². The van der Waals surface area contributed by atoms with Crippen LogP contribution in [0.5, 0.6) is 0 Å². The van der Waals surface area contributed by atoms with Gasteiger partial charge in [0.15, 0.2) is 5.69 Å². The van der Waals surface area contributed by atoms with E-state index in [0.29, 0.717) is 5.69 Å². The van der Waals surface area contributed by atoms with Crippen molar-refractivity contribution in [2.45, 2.75) is 44.4 Å². The van der Waals surface area contributed by atoms with Crippen LogP contribution in [-0.4, -0.2) is 20.3 Å². The number of carbonyl (C=O) groups is 1. The van der Waals surface area contributed by atoms with Crippen LogP contribution >= 0.6 is 15.9 Å². The van der Waals surface area contributed by atoms with Gasteiger partial charge in [-0.3, -0.25) is 9.48 Å². The Bertz CT molecular complexity index is 1050. The zero-order chi connectivity index (χ0) is 21.5. The molecule has 1 aliphatic carbocycles. The lowest BCUT2D eigenvalue weighted by atomic mass is 10.1. The zero-order valence-electron chi connectivity index (χ0n) is 16.2. The van der Waals surface area contributed by atoms with Gasteiger partial charge in [-0.1, -0.05) is 12.1 Å². The van der Waals surface area contributed by atoms with E-state index < -0.39 is 11.9 Å². The SMILES string of the molecule is CC(NC(=O)Cn1nc(C(F)(F)F)c(Br)c1C1CC1)c1cccc(-n2cccc2)c1. The molecule has 2 aromatic heterocycles. The second-order valence-electron chi connectivity index (χ2n) is 7.45. The number of rotatable bonds is 6. The van der Waals surface area contributed by atoms with Crippen molar-refractivity contribution < 1.29 is 18.0 Å². The maximum absolute atomic E-state index is 13.2. The summed E-state index contributed by atoms with van der Waals surface area (Å²) in [7, 11) is 0.